The molecular weight excluding hydrogens is 374 g/mol. The van der Waals surface area contributed by atoms with Crippen molar-refractivity contribution in [2.75, 3.05) is 0 Å². The molecule has 0 bridgehead atoms. The molecule has 1 atom stereocenters. The Morgan fingerprint density at radius 2 is 1.83 bits per heavy atom. The quantitative estimate of drug-likeness (QED) is 0.516. The van der Waals surface area contributed by atoms with Gasteiger partial charge in [0, 0.05) is 35.6 Å². The van der Waals surface area contributed by atoms with E-state index < -0.39 is 11.9 Å². The predicted molar refractivity (Wildman–Crippen MR) is 119 cm³/mol. The molecule has 0 spiro atoms. The molecular formula is C26H29NO3. The molecule has 0 saturated heterocycles. The molecule has 0 fully saturated rings. The number of benzene rings is 2. The minimum Gasteiger partial charge on any atom is -0.481 e. The molecule has 1 aliphatic carbocycles. The number of aryl methyl sites for hydroxylation is 3. The molecule has 4 heteroatoms. The number of fused-ring (bicyclic) bond motifs is 3. The first-order chi connectivity index (χ1) is 14.5. The summed E-state index contributed by atoms with van der Waals surface area (Å²) in [6.07, 6.45) is 6.78. The van der Waals surface area contributed by atoms with E-state index in [0.29, 0.717) is 12.0 Å². The van der Waals surface area contributed by atoms with Gasteiger partial charge in [-0.25, -0.2) is 0 Å². The summed E-state index contributed by atoms with van der Waals surface area (Å²) < 4.78 is 2.22. The van der Waals surface area contributed by atoms with Gasteiger partial charge >= 0.3 is 5.97 Å². The smallest absolute Gasteiger partial charge is 0.306 e. The van der Waals surface area contributed by atoms with Crippen molar-refractivity contribution in [1.82, 2.24) is 4.57 Å². The van der Waals surface area contributed by atoms with Crippen LogP contribution in [0.1, 0.15) is 59.3 Å². The van der Waals surface area contributed by atoms with E-state index in [4.69, 9.17) is 0 Å². The highest BCUT2D eigenvalue weighted by molar-refractivity contribution is 6.01. The summed E-state index contributed by atoms with van der Waals surface area (Å²) in [5, 5.41) is 10.9. The third kappa shape index (κ3) is 4.18. The third-order valence-electron chi connectivity index (χ3n) is 6.49. The van der Waals surface area contributed by atoms with Crippen molar-refractivity contribution in [3.63, 3.8) is 0 Å². The van der Waals surface area contributed by atoms with E-state index >= 15 is 0 Å². The molecule has 3 aromatic rings. The number of Topliss-reactive ketones (excluding diaryl/α,β-unsaturated/α-hetero) is 1. The van der Waals surface area contributed by atoms with Crippen LogP contribution in [0.4, 0.5) is 0 Å². The van der Waals surface area contributed by atoms with E-state index in [-0.39, 0.29) is 12.2 Å². The number of carboxylic acids is 1. The molecule has 0 aliphatic heterocycles. The number of hydrogen-bond acceptors (Lipinski definition) is 2. The van der Waals surface area contributed by atoms with Gasteiger partial charge in [-0.15, -0.1) is 0 Å². The Hall–Kier alpha value is -2.88. The summed E-state index contributed by atoms with van der Waals surface area (Å²) in [5.41, 5.74) is 5.71. The standard InChI is InChI=1S/C26H29NO3/c1-27-23-13-6-5-12-21(23)22-15-14-19(16-24(22)27)25(28)17-20(26(29)30)11-7-10-18-8-3-2-4-9-18/h2-4,8-9,14-16,20H,5-7,10-13,17H2,1H3,(H,29,30)/t20-/m1/s1. The molecule has 1 N–H and O–H groups in total. The number of carbonyl (C=O) groups excluding carboxylic acids is 1. The number of carbonyl (C=O) groups is 2. The predicted octanol–water partition coefficient (Wildman–Crippen LogP) is 5.35. The van der Waals surface area contributed by atoms with E-state index in [9.17, 15) is 14.7 Å². The molecule has 0 amide bonds. The van der Waals surface area contributed by atoms with Crippen molar-refractivity contribution in [3.05, 3.63) is 70.9 Å². The number of rotatable bonds is 8. The SMILES string of the molecule is Cn1c2c(c3ccc(C(=O)C[C@@H](CCCc4ccccc4)C(=O)O)cc31)CCCC2. The molecule has 30 heavy (non-hydrogen) atoms. The molecule has 156 valence electrons. The van der Waals surface area contributed by atoms with Crippen LogP contribution in [0, 0.1) is 5.92 Å². The normalized spacial score (nSPS) is 14.4. The van der Waals surface area contributed by atoms with E-state index in [1.54, 1.807) is 0 Å². The Balaban J connectivity index is 1.46. The highest BCUT2D eigenvalue weighted by atomic mass is 16.4. The highest BCUT2D eigenvalue weighted by Crippen LogP contribution is 2.32. The zero-order valence-electron chi connectivity index (χ0n) is 17.6. The lowest BCUT2D eigenvalue weighted by atomic mass is 9.92. The number of nitrogens with zero attached hydrogens (tertiary/aromatic N) is 1. The zero-order chi connectivity index (χ0) is 21.1. The van der Waals surface area contributed by atoms with Gasteiger partial charge in [-0.3, -0.25) is 9.59 Å². The number of aliphatic carboxylic acids is 1. The summed E-state index contributed by atoms with van der Waals surface area (Å²) in [5.74, 6) is -1.60. The van der Waals surface area contributed by atoms with Gasteiger partial charge in [0.05, 0.1) is 5.92 Å². The third-order valence-corrected chi connectivity index (χ3v) is 6.49. The topological polar surface area (TPSA) is 59.3 Å². The monoisotopic (exact) mass is 403 g/mol. The second-order valence-corrected chi connectivity index (χ2v) is 8.46. The van der Waals surface area contributed by atoms with Gasteiger partial charge in [0.25, 0.3) is 0 Å². The van der Waals surface area contributed by atoms with E-state index in [1.165, 1.54) is 35.0 Å². The first-order valence-corrected chi connectivity index (χ1v) is 10.9. The lowest BCUT2D eigenvalue weighted by Crippen LogP contribution is -2.18. The molecule has 4 nitrogen and oxygen atoms in total. The molecule has 4 rings (SSSR count). The van der Waals surface area contributed by atoms with Crippen LogP contribution in [0.25, 0.3) is 10.9 Å². The molecule has 0 saturated carbocycles. The van der Waals surface area contributed by atoms with Crippen LogP contribution in [0.2, 0.25) is 0 Å². The fourth-order valence-corrected chi connectivity index (χ4v) is 4.78. The summed E-state index contributed by atoms with van der Waals surface area (Å²) in [6, 6.07) is 15.9. The van der Waals surface area contributed by atoms with Crippen LogP contribution in [-0.4, -0.2) is 21.4 Å². The minimum atomic E-state index is -0.883. The molecule has 1 heterocycles. The van der Waals surface area contributed by atoms with Crippen molar-refractivity contribution in [3.8, 4) is 0 Å². The average Bonchev–Trinajstić information content (AvgIpc) is 3.05. The lowest BCUT2D eigenvalue weighted by Gasteiger charge is -2.12. The highest BCUT2D eigenvalue weighted by Gasteiger charge is 2.23. The van der Waals surface area contributed by atoms with Gasteiger partial charge < -0.3 is 9.67 Å². The number of hydrogen-bond donors (Lipinski definition) is 1. The second-order valence-electron chi connectivity index (χ2n) is 8.46. The molecule has 0 radical (unpaired) electrons. The molecule has 1 aromatic heterocycles. The van der Waals surface area contributed by atoms with Gasteiger partial charge in [-0.05, 0) is 62.1 Å². The van der Waals surface area contributed by atoms with Gasteiger partial charge in [-0.1, -0.05) is 42.5 Å². The lowest BCUT2D eigenvalue weighted by molar-refractivity contribution is -0.141. The maximum Gasteiger partial charge on any atom is 0.306 e. The Morgan fingerprint density at radius 1 is 1.07 bits per heavy atom. The first kappa shape index (κ1) is 20.4. The van der Waals surface area contributed by atoms with Gasteiger partial charge in [0.1, 0.15) is 0 Å². The van der Waals surface area contributed by atoms with Crippen LogP contribution >= 0.6 is 0 Å². The van der Waals surface area contributed by atoms with E-state index in [0.717, 1.165) is 31.2 Å². The maximum absolute atomic E-state index is 12.9. The zero-order valence-corrected chi connectivity index (χ0v) is 17.6. The Bertz CT molecular complexity index is 1060. The van der Waals surface area contributed by atoms with E-state index in [1.807, 2.05) is 30.3 Å². The van der Waals surface area contributed by atoms with Crippen LogP contribution in [0.5, 0.6) is 0 Å². The summed E-state index contributed by atoms with van der Waals surface area (Å²) in [6.45, 7) is 0. The summed E-state index contributed by atoms with van der Waals surface area (Å²) in [7, 11) is 2.07. The number of ketones is 1. The Labute approximate surface area is 177 Å². The van der Waals surface area contributed by atoms with E-state index in [2.05, 4.69) is 29.8 Å². The minimum absolute atomic E-state index is 0.0553. The van der Waals surface area contributed by atoms with Crippen LogP contribution in [-0.2, 0) is 31.1 Å². The van der Waals surface area contributed by atoms with Crippen molar-refractivity contribution in [2.24, 2.45) is 13.0 Å². The summed E-state index contributed by atoms with van der Waals surface area (Å²) in [4.78, 5) is 24.7. The van der Waals surface area contributed by atoms with Crippen molar-refractivity contribution in [2.45, 2.75) is 51.4 Å². The van der Waals surface area contributed by atoms with Gasteiger partial charge in [0.15, 0.2) is 5.78 Å². The summed E-state index contributed by atoms with van der Waals surface area (Å²) >= 11 is 0. The Kier molecular flexibility index (Phi) is 6.03. The van der Waals surface area contributed by atoms with Crippen molar-refractivity contribution in [1.29, 1.82) is 0 Å². The van der Waals surface area contributed by atoms with Crippen LogP contribution in [0.15, 0.2) is 48.5 Å². The molecule has 1 aliphatic rings. The average molecular weight is 404 g/mol. The van der Waals surface area contributed by atoms with Crippen molar-refractivity contribution >= 4 is 22.7 Å². The van der Waals surface area contributed by atoms with Gasteiger partial charge in [0.2, 0.25) is 0 Å². The number of carboxylic acid groups (broad SMARTS) is 1. The van der Waals surface area contributed by atoms with Crippen LogP contribution < -0.4 is 0 Å². The largest absolute Gasteiger partial charge is 0.481 e. The Morgan fingerprint density at radius 3 is 2.60 bits per heavy atom. The van der Waals surface area contributed by atoms with Gasteiger partial charge in [-0.2, -0.15) is 0 Å². The van der Waals surface area contributed by atoms with Crippen molar-refractivity contribution < 1.29 is 14.7 Å². The fraction of sp³-hybridized carbons (Fsp3) is 0.385. The maximum atomic E-state index is 12.9. The van der Waals surface area contributed by atoms with Crippen LogP contribution in [0.3, 0.4) is 0 Å². The molecule has 0 unspecified atom stereocenters. The fourth-order valence-electron chi connectivity index (χ4n) is 4.78. The number of aromatic nitrogens is 1. The molecule has 2 aromatic carbocycles. The first-order valence-electron chi connectivity index (χ1n) is 10.9. The second kappa shape index (κ2) is 8.86.